The number of ketones is 1. The minimum absolute atomic E-state index is 0.119. The van der Waals surface area contributed by atoms with Crippen molar-refractivity contribution in [3.05, 3.63) is 0 Å². The maximum absolute atomic E-state index is 11.3. The second-order valence-electron chi connectivity index (χ2n) is 3.86. The van der Waals surface area contributed by atoms with Crippen LogP contribution in [0.15, 0.2) is 0 Å². The monoisotopic (exact) mass is 251 g/mol. The third-order valence-corrected chi connectivity index (χ3v) is 3.88. The fourth-order valence-electron chi connectivity index (χ4n) is 1.51. The van der Waals surface area contributed by atoms with E-state index in [-0.39, 0.29) is 24.4 Å². The summed E-state index contributed by atoms with van der Waals surface area (Å²) >= 11 is 11.5. The van der Waals surface area contributed by atoms with Gasteiger partial charge in [0.15, 0.2) is 10.1 Å². The molecule has 1 aliphatic heterocycles. The van der Waals surface area contributed by atoms with Gasteiger partial charge in [-0.15, -0.1) is 0 Å². The number of rotatable bonds is 2. The number of hydrogen-bond donors (Lipinski definition) is 0. The number of likely N-dealkylation sites (tertiary alicyclic amines) is 1. The van der Waals surface area contributed by atoms with E-state index >= 15 is 0 Å². The summed E-state index contributed by atoms with van der Waals surface area (Å²) in [5.74, 6) is -0.464. The zero-order valence-electron chi connectivity index (χ0n) is 8.04. The van der Waals surface area contributed by atoms with Crippen LogP contribution in [-0.4, -0.2) is 40.8 Å². The van der Waals surface area contributed by atoms with Crippen molar-refractivity contribution in [2.24, 2.45) is 5.92 Å². The van der Waals surface area contributed by atoms with Crippen molar-refractivity contribution < 1.29 is 14.3 Å². The van der Waals surface area contributed by atoms with Gasteiger partial charge < -0.3 is 9.64 Å². The Labute approximate surface area is 97.5 Å². The maximum atomic E-state index is 11.3. The van der Waals surface area contributed by atoms with Gasteiger partial charge in [0, 0.05) is 25.4 Å². The molecule has 84 valence electrons. The number of Topliss-reactive ketones (excluding diaryl/α,β-unsaturated/α-hetero) is 1. The van der Waals surface area contributed by atoms with Gasteiger partial charge in [-0.3, -0.25) is 4.79 Å². The van der Waals surface area contributed by atoms with Crippen molar-refractivity contribution in [1.29, 1.82) is 0 Å². The van der Waals surface area contributed by atoms with Crippen molar-refractivity contribution in [2.45, 2.75) is 17.2 Å². The minimum Gasteiger partial charge on any atom is -0.449 e. The van der Waals surface area contributed by atoms with Gasteiger partial charge in [0.1, 0.15) is 0 Å². The lowest BCUT2D eigenvalue weighted by Gasteiger charge is -2.38. The third kappa shape index (κ3) is 1.93. The number of halogens is 2. The van der Waals surface area contributed by atoms with Crippen molar-refractivity contribution in [3.63, 3.8) is 0 Å². The Morgan fingerprint density at radius 1 is 1.53 bits per heavy atom. The minimum atomic E-state index is -1.35. The van der Waals surface area contributed by atoms with Crippen LogP contribution < -0.4 is 0 Å². The lowest BCUT2D eigenvalue weighted by molar-refractivity contribution is -0.129. The van der Waals surface area contributed by atoms with Crippen LogP contribution in [0.2, 0.25) is 0 Å². The Morgan fingerprint density at radius 3 is 2.60 bits per heavy atom. The number of alkyl halides is 2. The van der Waals surface area contributed by atoms with E-state index in [1.54, 1.807) is 4.90 Å². The fourth-order valence-corrected chi connectivity index (χ4v) is 1.94. The topological polar surface area (TPSA) is 46.6 Å². The molecule has 0 aromatic carbocycles. The molecule has 1 amide bonds. The van der Waals surface area contributed by atoms with Crippen LogP contribution >= 0.6 is 23.2 Å². The highest BCUT2D eigenvalue weighted by Crippen LogP contribution is 2.44. The molecule has 4 nitrogen and oxygen atoms in total. The van der Waals surface area contributed by atoms with E-state index in [1.165, 1.54) is 0 Å². The van der Waals surface area contributed by atoms with Gasteiger partial charge >= 0.3 is 6.09 Å². The molecule has 1 unspecified atom stereocenters. The Kier molecular flexibility index (Phi) is 2.81. The van der Waals surface area contributed by atoms with Gasteiger partial charge in [-0.2, -0.15) is 0 Å². The average molecular weight is 252 g/mol. The quantitative estimate of drug-likeness (QED) is 0.701. The fraction of sp³-hybridized carbons (Fsp3) is 0.778. The molecule has 1 saturated heterocycles. The molecular formula is C9H11Cl2NO3. The highest BCUT2D eigenvalue weighted by atomic mass is 35.5. The molecule has 2 aliphatic rings. The van der Waals surface area contributed by atoms with E-state index in [4.69, 9.17) is 27.9 Å². The van der Waals surface area contributed by atoms with Crippen LogP contribution in [0.25, 0.3) is 0 Å². The van der Waals surface area contributed by atoms with E-state index in [0.717, 1.165) is 19.5 Å². The molecule has 1 saturated carbocycles. The first-order valence-corrected chi connectivity index (χ1v) is 5.60. The van der Waals surface area contributed by atoms with Crippen LogP contribution in [0.3, 0.4) is 0 Å². The highest BCUT2D eigenvalue weighted by molar-refractivity contribution is 6.60. The Bertz CT molecular complexity index is 302. The van der Waals surface area contributed by atoms with E-state index in [1.807, 2.05) is 0 Å². The molecule has 1 atom stereocenters. The first kappa shape index (κ1) is 11.0. The van der Waals surface area contributed by atoms with E-state index in [0.29, 0.717) is 6.42 Å². The summed E-state index contributed by atoms with van der Waals surface area (Å²) in [7, 11) is 0. The zero-order chi connectivity index (χ0) is 11.1. The molecule has 1 aliphatic carbocycles. The molecule has 0 radical (unpaired) electrons. The normalized spacial score (nSPS) is 28.0. The predicted molar refractivity (Wildman–Crippen MR) is 55.1 cm³/mol. The molecule has 0 aromatic rings. The summed E-state index contributed by atoms with van der Waals surface area (Å²) in [6.07, 6.45) is 0.969. The van der Waals surface area contributed by atoms with Crippen LogP contribution in [0.1, 0.15) is 12.8 Å². The smallest absolute Gasteiger partial charge is 0.409 e. The predicted octanol–water partition coefficient (Wildman–Crippen LogP) is 1.59. The average Bonchev–Trinajstić information content (AvgIpc) is 2.09. The van der Waals surface area contributed by atoms with Crippen molar-refractivity contribution in [2.75, 3.05) is 19.7 Å². The molecule has 6 heteroatoms. The first-order chi connectivity index (χ1) is 7.01. The summed E-state index contributed by atoms with van der Waals surface area (Å²) < 4.78 is 3.65. The van der Waals surface area contributed by atoms with Crippen molar-refractivity contribution in [3.8, 4) is 0 Å². The van der Waals surface area contributed by atoms with Crippen LogP contribution in [0.5, 0.6) is 0 Å². The van der Waals surface area contributed by atoms with Gasteiger partial charge in [0.2, 0.25) is 0 Å². The molecule has 0 N–H and O–H groups in total. The molecular weight excluding hydrogens is 241 g/mol. The van der Waals surface area contributed by atoms with Crippen LogP contribution in [-0.2, 0) is 9.53 Å². The molecule has 2 rings (SSSR count). The summed E-state index contributed by atoms with van der Waals surface area (Å²) in [4.78, 5) is 23.9. The zero-order valence-corrected chi connectivity index (χ0v) is 9.55. The summed E-state index contributed by atoms with van der Waals surface area (Å²) in [6, 6.07) is 0. The lowest BCUT2D eigenvalue weighted by atomic mass is 9.83. The molecule has 0 spiro atoms. The molecule has 0 bridgehead atoms. The lowest BCUT2D eigenvalue weighted by Crippen LogP contribution is -2.51. The van der Waals surface area contributed by atoms with Crippen molar-refractivity contribution >= 4 is 35.1 Å². The summed E-state index contributed by atoms with van der Waals surface area (Å²) in [5, 5.41) is 0. The van der Waals surface area contributed by atoms with E-state index in [9.17, 15) is 9.59 Å². The van der Waals surface area contributed by atoms with E-state index < -0.39 is 4.33 Å². The largest absolute Gasteiger partial charge is 0.449 e. The van der Waals surface area contributed by atoms with Gasteiger partial charge in [-0.25, -0.2) is 4.79 Å². The second kappa shape index (κ2) is 3.83. The van der Waals surface area contributed by atoms with Crippen LogP contribution in [0, 0.1) is 5.92 Å². The third-order valence-electron chi connectivity index (χ3n) is 2.84. The second-order valence-corrected chi connectivity index (χ2v) is 5.25. The number of carbonyl (C=O) groups is 2. The van der Waals surface area contributed by atoms with Crippen LogP contribution in [0.4, 0.5) is 4.79 Å². The number of amides is 1. The summed E-state index contributed by atoms with van der Waals surface area (Å²) in [6.45, 7) is 1.61. The van der Waals surface area contributed by atoms with Gasteiger partial charge in [-0.05, 0) is 6.42 Å². The van der Waals surface area contributed by atoms with Crippen molar-refractivity contribution in [1.82, 2.24) is 4.90 Å². The van der Waals surface area contributed by atoms with Gasteiger partial charge in [0.25, 0.3) is 0 Å². The molecule has 2 fully saturated rings. The number of nitrogens with zero attached hydrogens (tertiary/aromatic N) is 1. The number of carbonyl (C=O) groups excluding carboxylic acids is 2. The molecule has 0 aromatic heterocycles. The Morgan fingerprint density at radius 2 is 2.20 bits per heavy atom. The van der Waals surface area contributed by atoms with E-state index in [2.05, 4.69) is 0 Å². The standard InChI is InChI=1S/C9H11Cl2NO3/c10-9(11)6(4-7(9)13)5-15-8(14)12-2-1-3-12/h6H,1-5H2. The first-order valence-electron chi connectivity index (χ1n) is 4.84. The Balaban J connectivity index is 1.74. The number of ether oxygens (including phenoxy) is 1. The molecule has 15 heavy (non-hydrogen) atoms. The highest BCUT2D eigenvalue weighted by Gasteiger charge is 2.53. The van der Waals surface area contributed by atoms with Gasteiger partial charge in [0.05, 0.1) is 6.61 Å². The summed E-state index contributed by atoms with van der Waals surface area (Å²) in [5.41, 5.74) is 0. The maximum Gasteiger partial charge on any atom is 0.409 e. The SMILES string of the molecule is O=C(OCC1CC(=O)C1(Cl)Cl)N1CCC1. The Hall–Kier alpha value is -0.480. The van der Waals surface area contributed by atoms with Gasteiger partial charge in [-0.1, -0.05) is 23.2 Å². The number of hydrogen-bond acceptors (Lipinski definition) is 3. The molecule has 1 heterocycles.